The maximum atomic E-state index is 10.6. The summed E-state index contributed by atoms with van der Waals surface area (Å²) in [6.07, 6.45) is 3.30. The quantitative estimate of drug-likeness (QED) is 0.458. The van der Waals surface area contributed by atoms with E-state index in [0.717, 1.165) is 6.07 Å². The van der Waals surface area contributed by atoms with E-state index < -0.39 is 4.92 Å². The Morgan fingerprint density at radius 2 is 2.29 bits per heavy atom. The molecule has 0 atom stereocenters. The molecule has 0 spiro atoms. The second-order valence-corrected chi connectivity index (χ2v) is 2.95. The van der Waals surface area contributed by atoms with Gasteiger partial charge in [0.2, 0.25) is 0 Å². The molecule has 1 aromatic rings. The van der Waals surface area contributed by atoms with Crippen LogP contribution in [0.15, 0.2) is 24.3 Å². The predicted octanol–water partition coefficient (Wildman–Crippen LogP) is 2.24. The Morgan fingerprint density at radius 1 is 1.57 bits per heavy atom. The molecule has 0 aliphatic carbocycles. The van der Waals surface area contributed by atoms with Crippen LogP contribution in [0.25, 0.3) is 6.08 Å². The van der Waals surface area contributed by atoms with Gasteiger partial charge in [-0.15, -0.1) is 0 Å². The van der Waals surface area contributed by atoms with Crippen molar-refractivity contribution in [3.05, 3.63) is 40.0 Å². The van der Waals surface area contributed by atoms with Crippen LogP contribution in [0.5, 0.6) is 5.75 Å². The Hall–Kier alpha value is -1.49. The minimum absolute atomic E-state index is 0.108. The van der Waals surface area contributed by atoms with Crippen LogP contribution >= 0.6 is 12.6 Å². The van der Waals surface area contributed by atoms with Gasteiger partial charge >= 0.3 is 0 Å². The lowest BCUT2D eigenvalue weighted by atomic mass is 10.1. The van der Waals surface area contributed by atoms with Gasteiger partial charge in [-0.1, -0.05) is 12.2 Å². The molecule has 1 N–H and O–H groups in total. The lowest BCUT2D eigenvalue weighted by Crippen LogP contribution is -1.90. The molecule has 1 aromatic carbocycles. The largest absolute Gasteiger partial charge is 0.508 e. The van der Waals surface area contributed by atoms with E-state index in [-0.39, 0.29) is 11.4 Å². The summed E-state index contributed by atoms with van der Waals surface area (Å²) in [6, 6.07) is 4.02. The van der Waals surface area contributed by atoms with Gasteiger partial charge in [0.1, 0.15) is 5.75 Å². The molecule has 0 bridgehead atoms. The van der Waals surface area contributed by atoms with Crippen LogP contribution in [0.2, 0.25) is 0 Å². The summed E-state index contributed by atoms with van der Waals surface area (Å²) in [7, 11) is 0. The Morgan fingerprint density at radius 3 is 2.86 bits per heavy atom. The zero-order valence-electron chi connectivity index (χ0n) is 7.25. The topological polar surface area (TPSA) is 63.4 Å². The third kappa shape index (κ3) is 2.50. The van der Waals surface area contributed by atoms with Gasteiger partial charge in [-0.2, -0.15) is 12.6 Å². The fraction of sp³-hybridized carbons (Fsp3) is 0.111. The van der Waals surface area contributed by atoms with Crippen LogP contribution in [0, 0.1) is 10.1 Å². The van der Waals surface area contributed by atoms with Crippen LogP contribution in [0.1, 0.15) is 5.56 Å². The van der Waals surface area contributed by atoms with Gasteiger partial charge in [-0.05, 0) is 12.1 Å². The fourth-order valence-electron chi connectivity index (χ4n) is 1.01. The van der Waals surface area contributed by atoms with Crippen molar-refractivity contribution in [2.75, 3.05) is 5.75 Å². The first kappa shape index (κ1) is 10.6. The second-order valence-electron chi connectivity index (χ2n) is 2.59. The lowest BCUT2D eigenvalue weighted by Gasteiger charge is -1.97. The average Bonchev–Trinajstić information content (AvgIpc) is 2.15. The number of phenolic OH excluding ortho intramolecular Hbond substituents is 1. The summed E-state index contributed by atoms with van der Waals surface area (Å²) < 4.78 is 0. The molecule has 0 aliphatic rings. The van der Waals surface area contributed by atoms with Crippen molar-refractivity contribution >= 4 is 24.4 Å². The highest BCUT2D eigenvalue weighted by molar-refractivity contribution is 7.80. The minimum Gasteiger partial charge on any atom is -0.508 e. The number of aromatic hydroxyl groups is 1. The molecule has 0 aliphatic heterocycles. The molecule has 14 heavy (non-hydrogen) atoms. The van der Waals surface area contributed by atoms with Gasteiger partial charge < -0.3 is 5.11 Å². The molecule has 1 rings (SSSR count). The van der Waals surface area contributed by atoms with Crippen molar-refractivity contribution in [1.29, 1.82) is 0 Å². The molecule has 0 amide bonds. The van der Waals surface area contributed by atoms with E-state index in [0.29, 0.717) is 11.3 Å². The van der Waals surface area contributed by atoms with Crippen LogP contribution in [0.3, 0.4) is 0 Å². The summed E-state index contributed by atoms with van der Waals surface area (Å²) in [4.78, 5) is 10.0. The van der Waals surface area contributed by atoms with Crippen molar-refractivity contribution in [3.8, 4) is 5.75 Å². The average molecular weight is 211 g/mol. The first-order chi connectivity index (χ1) is 6.65. The Bertz CT molecular complexity index is 376. The highest BCUT2D eigenvalue weighted by atomic mass is 32.1. The number of thiol groups is 1. The first-order valence-electron chi connectivity index (χ1n) is 3.90. The lowest BCUT2D eigenvalue weighted by molar-refractivity contribution is -0.385. The molecule has 74 valence electrons. The maximum absolute atomic E-state index is 10.6. The van der Waals surface area contributed by atoms with Gasteiger partial charge in [0.15, 0.2) is 0 Å². The molecule has 0 fully saturated rings. The number of nitrogens with zero attached hydrogens (tertiary/aromatic N) is 1. The molecule has 4 nitrogen and oxygen atoms in total. The van der Waals surface area contributed by atoms with Gasteiger partial charge in [0.05, 0.1) is 16.6 Å². The van der Waals surface area contributed by atoms with E-state index in [1.54, 1.807) is 12.2 Å². The number of rotatable bonds is 3. The van der Waals surface area contributed by atoms with E-state index >= 15 is 0 Å². The zero-order chi connectivity index (χ0) is 10.6. The molecule has 0 radical (unpaired) electrons. The van der Waals surface area contributed by atoms with Crippen molar-refractivity contribution < 1.29 is 10.0 Å². The number of hydrogen-bond donors (Lipinski definition) is 2. The molecule has 0 unspecified atom stereocenters. The molecular formula is C9H9NO3S. The molecule has 5 heteroatoms. The summed E-state index contributed by atoms with van der Waals surface area (Å²) in [6.45, 7) is 0. The van der Waals surface area contributed by atoms with E-state index in [9.17, 15) is 10.1 Å². The monoisotopic (exact) mass is 211 g/mol. The number of nitro benzene ring substituents is 1. The Balaban J connectivity index is 3.15. The van der Waals surface area contributed by atoms with E-state index in [4.69, 9.17) is 5.11 Å². The highest BCUT2D eigenvalue weighted by Gasteiger charge is 2.11. The summed E-state index contributed by atoms with van der Waals surface area (Å²) in [5, 5.41) is 19.6. The normalized spacial score (nSPS) is 10.6. The van der Waals surface area contributed by atoms with Crippen LogP contribution in [-0.4, -0.2) is 15.8 Å². The van der Waals surface area contributed by atoms with Crippen LogP contribution in [-0.2, 0) is 0 Å². The van der Waals surface area contributed by atoms with Gasteiger partial charge in [-0.3, -0.25) is 10.1 Å². The van der Waals surface area contributed by atoms with Gasteiger partial charge in [-0.25, -0.2) is 0 Å². The van der Waals surface area contributed by atoms with Crippen LogP contribution in [0.4, 0.5) is 5.69 Å². The zero-order valence-corrected chi connectivity index (χ0v) is 8.15. The van der Waals surface area contributed by atoms with Crippen LogP contribution < -0.4 is 0 Å². The van der Waals surface area contributed by atoms with Crippen molar-refractivity contribution in [2.24, 2.45) is 0 Å². The number of benzene rings is 1. The second kappa shape index (κ2) is 4.66. The third-order valence-electron chi connectivity index (χ3n) is 1.61. The highest BCUT2D eigenvalue weighted by Crippen LogP contribution is 2.24. The van der Waals surface area contributed by atoms with Crippen molar-refractivity contribution in [1.82, 2.24) is 0 Å². The first-order valence-corrected chi connectivity index (χ1v) is 4.53. The number of hydrogen-bond acceptors (Lipinski definition) is 4. The van der Waals surface area contributed by atoms with E-state index in [1.165, 1.54) is 12.1 Å². The Kier molecular flexibility index (Phi) is 3.53. The molecular weight excluding hydrogens is 202 g/mol. The maximum Gasteiger partial charge on any atom is 0.280 e. The predicted molar refractivity (Wildman–Crippen MR) is 57.6 cm³/mol. The fourth-order valence-corrected chi connectivity index (χ4v) is 1.12. The van der Waals surface area contributed by atoms with Gasteiger partial charge in [0, 0.05) is 5.75 Å². The minimum atomic E-state index is -0.530. The molecule has 0 saturated carbocycles. The number of nitro groups is 1. The van der Waals surface area contributed by atoms with Crippen molar-refractivity contribution in [2.45, 2.75) is 0 Å². The molecule has 0 heterocycles. The van der Waals surface area contributed by atoms with E-state index in [1.807, 2.05) is 0 Å². The van der Waals surface area contributed by atoms with E-state index in [2.05, 4.69) is 12.6 Å². The smallest absolute Gasteiger partial charge is 0.280 e. The Labute approximate surface area is 86.4 Å². The third-order valence-corrected chi connectivity index (χ3v) is 1.82. The van der Waals surface area contributed by atoms with Gasteiger partial charge in [0.25, 0.3) is 5.69 Å². The van der Waals surface area contributed by atoms with Crippen molar-refractivity contribution in [3.63, 3.8) is 0 Å². The standard InChI is InChI=1S/C9H9NO3S/c11-8-4-3-7(2-1-5-14)9(6-8)10(12)13/h1-4,6,11,14H,5H2. The summed E-state index contributed by atoms with van der Waals surface area (Å²) >= 11 is 3.95. The number of phenols is 1. The summed E-state index contributed by atoms with van der Waals surface area (Å²) in [5.74, 6) is 0.401. The summed E-state index contributed by atoms with van der Waals surface area (Å²) in [5.41, 5.74) is 0.352. The molecule has 0 saturated heterocycles. The molecule has 0 aromatic heterocycles. The SMILES string of the molecule is O=[N+]([O-])c1cc(O)ccc1C=CCS.